The molecule has 0 unspecified atom stereocenters. The maximum atomic E-state index is 5.97. The van der Waals surface area contributed by atoms with Gasteiger partial charge in [0, 0.05) is 13.0 Å². The summed E-state index contributed by atoms with van der Waals surface area (Å²) in [7, 11) is 0. The number of aryl methyl sites for hydroxylation is 1. The Labute approximate surface area is 103 Å². The van der Waals surface area contributed by atoms with Crippen molar-refractivity contribution in [3.8, 4) is 0 Å². The normalized spacial score (nSPS) is 29.5. The molecule has 0 saturated heterocycles. The Morgan fingerprint density at radius 3 is 2.71 bits per heavy atom. The number of hydrogen-bond acceptors (Lipinski definition) is 4. The zero-order chi connectivity index (χ0) is 12.3. The van der Waals surface area contributed by atoms with Crippen molar-refractivity contribution in [2.24, 2.45) is 11.7 Å². The molecule has 1 aromatic rings. The number of rotatable bonds is 4. The van der Waals surface area contributed by atoms with E-state index in [2.05, 4.69) is 24.0 Å². The molecule has 96 valence electrons. The fraction of sp³-hybridized carbons (Fsp3) is 0.846. The number of aromatic nitrogens is 2. The highest BCUT2D eigenvalue weighted by atomic mass is 16.5. The molecule has 1 saturated carbocycles. The van der Waals surface area contributed by atoms with E-state index in [1.807, 2.05) is 0 Å². The van der Waals surface area contributed by atoms with E-state index in [1.54, 1.807) is 0 Å². The second-order valence-electron chi connectivity index (χ2n) is 5.43. The Bertz CT molecular complexity index is 353. The molecule has 1 aliphatic carbocycles. The van der Waals surface area contributed by atoms with Gasteiger partial charge in [0.2, 0.25) is 5.89 Å². The molecule has 1 heterocycles. The summed E-state index contributed by atoms with van der Waals surface area (Å²) in [5, 5.41) is 4.05. The van der Waals surface area contributed by atoms with Crippen molar-refractivity contribution < 1.29 is 4.52 Å². The highest BCUT2D eigenvalue weighted by Crippen LogP contribution is 2.39. The molecule has 0 spiro atoms. The summed E-state index contributed by atoms with van der Waals surface area (Å²) in [6, 6.07) is 0. The summed E-state index contributed by atoms with van der Waals surface area (Å²) in [5.41, 5.74) is 5.92. The van der Waals surface area contributed by atoms with E-state index < -0.39 is 0 Å². The molecule has 1 aliphatic rings. The summed E-state index contributed by atoms with van der Waals surface area (Å²) in [6.07, 6.45) is 6.52. The second-order valence-corrected chi connectivity index (χ2v) is 5.43. The van der Waals surface area contributed by atoms with Crippen LogP contribution < -0.4 is 5.73 Å². The van der Waals surface area contributed by atoms with Gasteiger partial charge in [-0.3, -0.25) is 0 Å². The van der Waals surface area contributed by atoms with Gasteiger partial charge >= 0.3 is 0 Å². The quantitative estimate of drug-likeness (QED) is 0.873. The highest BCUT2D eigenvalue weighted by Gasteiger charge is 2.39. The van der Waals surface area contributed by atoms with Crippen LogP contribution in [-0.4, -0.2) is 16.7 Å². The van der Waals surface area contributed by atoms with Gasteiger partial charge in [0.05, 0.1) is 5.41 Å². The number of nitrogens with zero attached hydrogens (tertiary/aromatic N) is 2. The maximum Gasteiger partial charge on any atom is 0.234 e. The SMILES string of the molecule is CCCc1noc(C2(CN)CCC(C)CC2)n1. The Kier molecular flexibility index (Phi) is 3.82. The fourth-order valence-electron chi connectivity index (χ4n) is 2.61. The van der Waals surface area contributed by atoms with Crippen LogP contribution in [0.1, 0.15) is 57.7 Å². The van der Waals surface area contributed by atoms with Crippen molar-refractivity contribution in [1.82, 2.24) is 10.1 Å². The Morgan fingerprint density at radius 1 is 1.41 bits per heavy atom. The van der Waals surface area contributed by atoms with Crippen LogP contribution in [0.3, 0.4) is 0 Å². The van der Waals surface area contributed by atoms with Crippen molar-refractivity contribution in [2.45, 2.75) is 57.8 Å². The molecule has 0 atom stereocenters. The van der Waals surface area contributed by atoms with Gasteiger partial charge < -0.3 is 10.3 Å². The standard InChI is InChI=1S/C13H23N3O/c1-3-4-11-15-12(17-16-11)13(9-14)7-5-10(2)6-8-13/h10H,3-9,14H2,1-2H3. The van der Waals surface area contributed by atoms with Gasteiger partial charge in [-0.2, -0.15) is 4.98 Å². The van der Waals surface area contributed by atoms with Crippen LogP contribution in [0.25, 0.3) is 0 Å². The molecule has 1 fully saturated rings. The van der Waals surface area contributed by atoms with Crippen LogP contribution in [0, 0.1) is 5.92 Å². The molecular formula is C13H23N3O. The van der Waals surface area contributed by atoms with Gasteiger partial charge in [-0.05, 0) is 38.0 Å². The van der Waals surface area contributed by atoms with Crippen LogP contribution in [0.4, 0.5) is 0 Å². The minimum atomic E-state index is -0.0501. The third-order valence-electron chi connectivity index (χ3n) is 4.02. The van der Waals surface area contributed by atoms with Crippen LogP contribution in [0.5, 0.6) is 0 Å². The van der Waals surface area contributed by atoms with Crippen molar-refractivity contribution >= 4 is 0 Å². The molecule has 4 heteroatoms. The van der Waals surface area contributed by atoms with E-state index in [4.69, 9.17) is 10.3 Å². The average molecular weight is 237 g/mol. The maximum absolute atomic E-state index is 5.97. The van der Waals surface area contributed by atoms with Gasteiger partial charge in [-0.1, -0.05) is 19.0 Å². The first-order valence-corrected chi connectivity index (χ1v) is 6.73. The van der Waals surface area contributed by atoms with Crippen molar-refractivity contribution in [1.29, 1.82) is 0 Å². The van der Waals surface area contributed by atoms with Crippen LogP contribution >= 0.6 is 0 Å². The molecule has 0 aromatic carbocycles. The topological polar surface area (TPSA) is 64.9 Å². The van der Waals surface area contributed by atoms with Gasteiger partial charge in [-0.25, -0.2) is 0 Å². The van der Waals surface area contributed by atoms with Crippen molar-refractivity contribution in [3.05, 3.63) is 11.7 Å². The Balaban J connectivity index is 2.16. The lowest BCUT2D eigenvalue weighted by Gasteiger charge is -2.35. The molecule has 4 nitrogen and oxygen atoms in total. The molecule has 1 aromatic heterocycles. The van der Waals surface area contributed by atoms with Crippen LogP contribution in [0.2, 0.25) is 0 Å². The van der Waals surface area contributed by atoms with E-state index in [0.717, 1.165) is 43.3 Å². The Morgan fingerprint density at radius 2 is 2.12 bits per heavy atom. The van der Waals surface area contributed by atoms with E-state index in [1.165, 1.54) is 12.8 Å². The molecule has 2 N–H and O–H groups in total. The second kappa shape index (κ2) is 5.17. The molecule has 2 rings (SSSR count). The summed E-state index contributed by atoms with van der Waals surface area (Å²) in [4.78, 5) is 4.53. The zero-order valence-corrected chi connectivity index (χ0v) is 10.9. The third-order valence-corrected chi connectivity index (χ3v) is 4.02. The molecule has 17 heavy (non-hydrogen) atoms. The summed E-state index contributed by atoms with van der Waals surface area (Å²) >= 11 is 0. The van der Waals surface area contributed by atoms with E-state index in [-0.39, 0.29) is 5.41 Å². The first kappa shape index (κ1) is 12.6. The van der Waals surface area contributed by atoms with Gasteiger partial charge in [-0.15, -0.1) is 0 Å². The lowest BCUT2D eigenvalue weighted by atomic mass is 9.71. The lowest BCUT2D eigenvalue weighted by Crippen LogP contribution is -2.39. The predicted octanol–water partition coefficient (Wildman–Crippen LogP) is 2.43. The molecule has 0 aliphatic heterocycles. The minimum Gasteiger partial charge on any atom is -0.339 e. The third kappa shape index (κ3) is 2.51. The summed E-state index contributed by atoms with van der Waals surface area (Å²) in [5.74, 6) is 2.40. The molecule has 0 radical (unpaired) electrons. The zero-order valence-electron chi connectivity index (χ0n) is 10.9. The van der Waals surface area contributed by atoms with E-state index >= 15 is 0 Å². The van der Waals surface area contributed by atoms with E-state index in [9.17, 15) is 0 Å². The van der Waals surface area contributed by atoms with Crippen molar-refractivity contribution in [3.63, 3.8) is 0 Å². The Hall–Kier alpha value is -0.900. The summed E-state index contributed by atoms with van der Waals surface area (Å²) < 4.78 is 5.45. The average Bonchev–Trinajstić information content (AvgIpc) is 2.80. The van der Waals surface area contributed by atoms with Gasteiger partial charge in [0.1, 0.15) is 0 Å². The first-order chi connectivity index (χ1) is 8.20. The first-order valence-electron chi connectivity index (χ1n) is 6.73. The monoisotopic (exact) mass is 237 g/mol. The predicted molar refractivity (Wildman–Crippen MR) is 66.7 cm³/mol. The smallest absolute Gasteiger partial charge is 0.234 e. The fourth-order valence-corrected chi connectivity index (χ4v) is 2.61. The molecule has 0 bridgehead atoms. The summed E-state index contributed by atoms with van der Waals surface area (Å²) in [6.45, 7) is 5.04. The highest BCUT2D eigenvalue weighted by molar-refractivity contribution is 5.08. The number of nitrogens with two attached hydrogens (primary N) is 1. The van der Waals surface area contributed by atoms with Crippen molar-refractivity contribution in [2.75, 3.05) is 6.54 Å². The van der Waals surface area contributed by atoms with Gasteiger partial charge in [0.15, 0.2) is 5.82 Å². The molecule has 0 amide bonds. The van der Waals surface area contributed by atoms with Gasteiger partial charge in [0.25, 0.3) is 0 Å². The number of hydrogen-bond donors (Lipinski definition) is 1. The minimum absolute atomic E-state index is 0.0501. The molecular weight excluding hydrogens is 214 g/mol. The van der Waals surface area contributed by atoms with Crippen LogP contribution in [0.15, 0.2) is 4.52 Å². The van der Waals surface area contributed by atoms with Crippen LogP contribution in [-0.2, 0) is 11.8 Å². The largest absolute Gasteiger partial charge is 0.339 e. The lowest BCUT2D eigenvalue weighted by molar-refractivity contribution is 0.191. The van der Waals surface area contributed by atoms with E-state index in [0.29, 0.717) is 6.54 Å².